The Morgan fingerprint density at radius 1 is 1.15 bits per heavy atom. The lowest BCUT2D eigenvalue weighted by Crippen LogP contribution is -2.13. The summed E-state index contributed by atoms with van der Waals surface area (Å²) in [6.45, 7) is 2.72. The van der Waals surface area contributed by atoms with E-state index in [-0.39, 0.29) is 23.6 Å². The maximum absolute atomic E-state index is 12.3. The van der Waals surface area contributed by atoms with Crippen LogP contribution in [0.2, 0.25) is 0 Å². The number of rotatable bonds is 14. The van der Waals surface area contributed by atoms with Crippen LogP contribution in [0, 0.1) is 0 Å². The molecule has 34 heavy (non-hydrogen) atoms. The summed E-state index contributed by atoms with van der Waals surface area (Å²) in [6, 6.07) is 14.4. The summed E-state index contributed by atoms with van der Waals surface area (Å²) < 4.78 is 11.7. The summed E-state index contributed by atoms with van der Waals surface area (Å²) >= 11 is 0. The van der Waals surface area contributed by atoms with Crippen molar-refractivity contribution >= 4 is 5.78 Å². The molecule has 1 unspecified atom stereocenters. The highest BCUT2D eigenvalue weighted by Crippen LogP contribution is 2.41. The Kier molecular flexibility index (Phi) is 10.7. The van der Waals surface area contributed by atoms with Crippen molar-refractivity contribution in [3.8, 4) is 11.5 Å². The third-order valence-electron chi connectivity index (χ3n) is 6.61. The van der Waals surface area contributed by atoms with Crippen molar-refractivity contribution in [2.75, 3.05) is 13.7 Å². The second-order valence-electron chi connectivity index (χ2n) is 9.38. The van der Waals surface area contributed by atoms with Crippen molar-refractivity contribution in [1.82, 2.24) is 0 Å². The lowest BCUT2D eigenvalue weighted by Gasteiger charge is -2.23. The highest BCUT2D eigenvalue weighted by molar-refractivity contribution is 5.89. The fraction of sp³-hybridized carbons (Fsp3) is 0.500. The highest BCUT2D eigenvalue weighted by atomic mass is 16.5. The van der Waals surface area contributed by atoms with E-state index in [1.165, 1.54) is 18.4 Å². The molecule has 0 bridgehead atoms. The molecule has 4 nitrogen and oxygen atoms in total. The van der Waals surface area contributed by atoms with Crippen molar-refractivity contribution in [2.45, 2.75) is 83.2 Å². The zero-order chi connectivity index (χ0) is 24.2. The minimum atomic E-state index is 0.0911. The Balaban J connectivity index is 1.88. The largest absolute Gasteiger partial charge is 0.504 e. The molecular weight excluding hydrogens is 424 g/mol. The van der Waals surface area contributed by atoms with E-state index in [4.69, 9.17) is 9.47 Å². The quantitative estimate of drug-likeness (QED) is 0.308. The third kappa shape index (κ3) is 8.02. The molecule has 0 amide bonds. The predicted molar refractivity (Wildman–Crippen MR) is 138 cm³/mol. The zero-order valence-electron chi connectivity index (χ0n) is 20.8. The van der Waals surface area contributed by atoms with E-state index in [2.05, 4.69) is 25.1 Å². The van der Waals surface area contributed by atoms with Gasteiger partial charge in [-0.2, -0.15) is 0 Å². The van der Waals surface area contributed by atoms with Crippen molar-refractivity contribution in [1.29, 1.82) is 0 Å². The van der Waals surface area contributed by atoms with Gasteiger partial charge in [-0.1, -0.05) is 55.8 Å². The Bertz CT molecular complexity index is 913. The van der Waals surface area contributed by atoms with Gasteiger partial charge in [0, 0.05) is 25.7 Å². The Hall–Kier alpha value is -2.59. The first kappa shape index (κ1) is 26.0. The van der Waals surface area contributed by atoms with Crippen LogP contribution in [0.25, 0.3) is 0 Å². The third-order valence-corrected chi connectivity index (χ3v) is 6.61. The average molecular weight is 465 g/mol. The fourth-order valence-electron chi connectivity index (χ4n) is 4.68. The van der Waals surface area contributed by atoms with Crippen LogP contribution in [-0.4, -0.2) is 30.7 Å². The number of aromatic hydroxyl groups is 1. The van der Waals surface area contributed by atoms with Crippen LogP contribution in [0.1, 0.15) is 80.9 Å². The zero-order valence-corrected chi connectivity index (χ0v) is 20.8. The van der Waals surface area contributed by atoms with Crippen LogP contribution in [-0.2, 0) is 22.4 Å². The molecule has 0 aromatic heterocycles. The van der Waals surface area contributed by atoms with Gasteiger partial charge in [-0.25, -0.2) is 0 Å². The number of phenols is 1. The van der Waals surface area contributed by atoms with Crippen molar-refractivity contribution < 1.29 is 19.4 Å². The van der Waals surface area contributed by atoms with Crippen LogP contribution in [0.4, 0.5) is 0 Å². The molecule has 0 aliphatic heterocycles. The first-order valence-corrected chi connectivity index (χ1v) is 12.8. The lowest BCUT2D eigenvalue weighted by atomic mass is 9.87. The Morgan fingerprint density at radius 2 is 1.91 bits per heavy atom. The molecule has 0 heterocycles. The van der Waals surface area contributed by atoms with Gasteiger partial charge in [-0.3, -0.25) is 4.79 Å². The van der Waals surface area contributed by atoms with E-state index >= 15 is 0 Å². The predicted octanol–water partition coefficient (Wildman–Crippen LogP) is 6.93. The molecule has 2 aromatic rings. The van der Waals surface area contributed by atoms with Gasteiger partial charge < -0.3 is 14.6 Å². The number of ether oxygens (including phenoxy) is 2. The minimum Gasteiger partial charge on any atom is -0.504 e. The van der Waals surface area contributed by atoms with E-state index in [1.807, 2.05) is 30.3 Å². The van der Waals surface area contributed by atoms with E-state index < -0.39 is 0 Å². The molecule has 1 aliphatic carbocycles. The van der Waals surface area contributed by atoms with Gasteiger partial charge in [0.15, 0.2) is 17.3 Å². The molecule has 0 saturated heterocycles. The molecule has 4 heteroatoms. The van der Waals surface area contributed by atoms with Crippen molar-refractivity contribution in [3.05, 3.63) is 71.3 Å². The average Bonchev–Trinajstić information content (AvgIpc) is 3.36. The molecule has 184 valence electrons. The Morgan fingerprint density at radius 3 is 2.62 bits per heavy atom. The topological polar surface area (TPSA) is 55.8 Å². The number of allylic oxidation sites excluding steroid dienone is 2. The summed E-state index contributed by atoms with van der Waals surface area (Å²) in [5, 5.41) is 11.3. The molecule has 2 aromatic carbocycles. The number of phenolic OH excluding ortho intramolecular Hbond substituents is 1. The highest BCUT2D eigenvalue weighted by Gasteiger charge is 2.24. The maximum Gasteiger partial charge on any atom is 0.161 e. The molecule has 0 radical (unpaired) electrons. The molecule has 0 spiro atoms. The van der Waals surface area contributed by atoms with Gasteiger partial charge in [0.25, 0.3) is 0 Å². The summed E-state index contributed by atoms with van der Waals surface area (Å²) in [5.74, 6) is 1.03. The van der Waals surface area contributed by atoms with Gasteiger partial charge in [0.05, 0.1) is 6.10 Å². The number of benzene rings is 2. The van der Waals surface area contributed by atoms with Gasteiger partial charge in [-0.05, 0) is 80.6 Å². The van der Waals surface area contributed by atoms with E-state index in [1.54, 1.807) is 13.2 Å². The summed E-state index contributed by atoms with van der Waals surface area (Å²) in [6.07, 6.45) is 12.9. The molecule has 1 N–H and O–H groups in total. The van der Waals surface area contributed by atoms with Crippen LogP contribution in [0.5, 0.6) is 11.5 Å². The smallest absolute Gasteiger partial charge is 0.161 e. The SMILES string of the molecule is CCCC=CC(=O)CCc1cc(OC2CCCC2)c(O)c(C(CCOC)Cc2ccccc2)c1. The number of hydrogen-bond acceptors (Lipinski definition) is 4. The molecule has 1 fully saturated rings. The monoisotopic (exact) mass is 464 g/mol. The first-order chi connectivity index (χ1) is 16.6. The van der Waals surface area contributed by atoms with E-state index in [0.29, 0.717) is 25.2 Å². The van der Waals surface area contributed by atoms with Crippen LogP contribution in [0.3, 0.4) is 0 Å². The van der Waals surface area contributed by atoms with Gasteiger partial charge in [0.1, 0.15) is 0 Å². The van der Waals surface area contributed by atoms with Crippen LogP contribution in [0.15, 0.2) is 54.6 Å². The second-order valence-corrected chi connectivity index (χ2v) is 9.38. The van der Waals surface area contributed by atoms with Gasteiger partial charge in [-0.15, -0.1) is 0 Å². The lowest BCUT2D eigenvalue weighted by molar-refractivity contribution is -0.114. The van der Waals surface area contributed by atoms with E-state index in [0.717, 1.165) is 49.7 Å². The van der Waals surface area contributed by atoms with Crippen molar-refractivity contribution in [2.24, 2.45) is 0 Å². The molecule has 1 atom stereocenters. The molecule has 1 saturated carbocycles. The second kappa shape index (κ2) is 14.0. The van der Waals surface area contributed by atoms with Gasteiger partial charge in [0.2, 0.25) is 0 Å². The summed E-state index contributed by atoms with van der Waals surface area (Å²) in [5.41, 5.74) is 3.15. The number of ketones is 1. The van der Waals surface area contributed by atoms with Crippen LogP contribution >= 0.6 is 0 Å². The van der Waals surface area contributed by atoms with E-state index in [9.17, 15) is 9.90 Å². The van der Waals surface area contributed by atoms with Crippen LogP contribution < -0.4 is 4.74 Å². The number of carbonyl (C=O) groups excluding carboxylic acids is 1. The standard InChI is InChI=1S/C30H40O4/c1-3-4-6-13-26(31)17-16-24-21-28(30(32)29(22-24)34-27-14-9-10-15-27)25(18-19-33-2)20-23-11-7-5-8-12-23/h5-8,11-13,21-22,25,27,32H,3-4,9-10,14-20H2,1-2H3. The molecule has 3 rings (SSSR count). The maximum atomic E-state index is 12.3. The number of methoxy groups -OCH3 is 1. The summed E-state index contributed by atoms with van der Waals surface area (Å²) in [4.78, 5) is 12.3. The number of aryl methyl sites for hydroxylation is 1. The first-order valence-electron chi connectivity index (χ1n) is 12.8. The number of carbonyl (C=O) groups is 1. The Labute approximate surface area is 205 Å². The molecular formula is C30H40O4. The fourth-order valence-corrected chi connectivity index (χ4v) is 4.68. The number of hydrogen-bond donors (Lipinski definition) is 1. The van der Waals surface area contributed by atoms with Crippen molar-refractivity contribution in [3.63, 3.8) is 0 Å². The van der Waals surface area contributed by atoms with Gasteiger partial charge >= 0.3 is 0 Å². The number of unbranched alkanes of at least 4 members (excludes halogenated alkanes) is 1. The molecule has 1 aliphatic rings. The minimum absolute atomic E-state index is 0.0911. The normalized spacial score (nSPS) is 15.1. The summed E-state index contributed by atoms with van der Waals surface area (Å²) in [7, 11) is 1.71.